The Labute approximate surface area is 201 Å². The number of ether oxygens (including phenoxy) is 2. The summed E-state index contributed by atoms with van der Waals surface area (Å²) in [5, 5.41) is 12.8. The number of hydrogen-bond donors (Lipinski definition) is 1. The van der Waals surface area contributed by atoms with E-state index in [1.54, 1.807) is 0 Å². The fourth-order valence-electron chi connectivity index (χ4n) is 3.67. The highest BCUT2D eigenvalue weighted by Crippen LogP contribution is 2.38. The van der Waals surface area contributed by atoms with E-state index < -0.39 is 0 Å². The lowest BCUT2D eigenvalue weighted by Gasteiger charge is -2.34. The van der Waals surface area contributed by atoms with E-state index in [0.717, 1.165) is 43.2 Å². The van der Waals surface area contributed by atoms with Gasteiger partial charge in [0, 0.05) is 32.2 Å². The van der Waals surface area contributed by atoms with Crippen molar-refractivity contribution in [2.45, 2.75) is 12.5 Å². The van der Waals surface area contributed by atoms with E-state index in [0.29, 0.717) is 17.9 Å². The Morgan fingerprint density at radius 3 is 1.94 bits per heavy atom. The van der Waals surface area contributed by atoms with E-state index in [-0.39, 0.29) is 30.9 Å². The molecule has 1 N–H and O–H groups in total. The van der Waals surface area contributed by atoms with Crippen LogP contribution >= 0.6 is 24.8 Å². The molecule has 3 aromatic carbocycles. The van der Waals surface area contributed by atoms with E-state index in [9.17, 15) is 5.26 Å². The minimum atomic E-state index is 0. The zero-order chi connectivity index (χ0) is 20.6. The van der Waals surface area contributed by atoms with Crippen molar-refractivity contribution in [2.75, 3.05) is 26.2 Å². The van der Waals surface area contributed by atoms with Crippen molar-refractivity contribution >= 4 is 24.8 Å². The van der Waals surface area contributed by atoms with Crippen LogP contribution in [0.2, 0.25) is 0 Å². The number of nitrogens with zero attached hydrogens (tertiary/aromatic N) is 2. The summed E-state index contributed by atoms with van der Waals surface area (Å²) in [6.45, 7) is 3.71. The molecule has 0 amide bonds. The predicted octanol–water partition coefficient (Wildman–Crippen LogP) is 5.97. The molecule has 7 heteroatoms. The van der Waals surface area contributed by atoms with Crippen molar-refractivity contribution in [1.82, 2.24) is 10.2 Å². The van der Waals surface area contributed by atoms with Gasteiger partial charge in [-0.1, -0.05) is 42.5 Å². The van der Waals surface area contributed by atoms with E-state index in [2.05, 4.69) is 16.3 Å². The molecule has 0 spiro atoms. The monoisotopic (exact) mass is 471 g/mol. The fourth-order valence-corrected chi connectivity index (χ4v) is 3.67. The molecule has 5 nitrogen and oxygen atoms in total. The van der Waals surface area contributed by atoms with Gasteiger partial charge in [0.25, 0.3) is 0 Å². The Hall–Kier alpha value is -2.75. The number of benzene rings is 3. The predicted molar refractivity (Wildman–Crippen MR) is 131 cm³/mol. The van der Waals surface area contributed by atoms with Gasteiger partial charge in [0.15, 0.2) is 11.5 Å². The number of rotatable bonds is 7. The van der Waals surface area contributed by atoms with E-state index in [4.69, 9.17) is 9.47 Å². The van der Waals surface area contributed by atoms with E-state index in [1.165, 1.54) is 0 Å². The van der Waals surface area contributed by atoms with E-state index >= 15 is 0 Å². The van der Waals surface area contributed by atoms with Crippen LogP contribution in [0.4, 0.5) is 0 Å². The Kier molecular flexibility index (Phi) is 10.3. The Morgan fingerprint density at radius 1 is 0.812 bits per heavy atom. The van der Waals surface area contributed by atoms with Crippen LogP contribution in [-0.4, -0.2) is 31.1 Å². The quantitative estimate of drug-likeness (QED) is 0.459. The Balaban J connectivity index is 0.00000181. The first-order chi connectivity index (χ1) is 14.8. The van der Waals surface area contributed by atoms with Crippen LogP contribution in [0.1, 0.15) is 18.0 Å². The number of hydrogen-bond acceptors (Lipinski definition) is 5. The smallest absolute Gasteiger partial charge is 0.170 e. The number of piperazine rings is 1. The van der Waals surface area contributed by atoms with Crippen LogP contribution < -0.4 is 14.8 Å². The lowest BCUT2D eigenvalue weighted by Crippen LogP contribution is -2.45. The number of nitriles is 1. The zero-order valence-electron chi connectivity index (χ0n) is 17.6. The maximum Gasteiger partial charge on any atom is 0.170 e. The minimum Gasteiger partial charge on any atom is -0.453 e. The zero-order valence-corrected chi connectivity index (χ0v) is 19.3. The standard InChI is InChI=1S/C25H25N3O2.2ClH/c26-14-13-23(28-17-15-27-16-18-28)20-11-12-24(29-21-7-3-1-4-8-21)25(19-20)30-22-9-5-2-6-10-22;;/h1-12,19,23,27H,13,15-18H2;2*1H/t23-;;/m0../s1. The van der Waals surface area contributed by atoms with Gasteiger partial charge in [-0.25, -0.2) is 0 Å². The second-order valence-electron chi connectivity index (χ2n) is 7.20. The molecular weight excluding hydrogens is 445 g/mol. The van der Waals surface area contributed by atoms with Gasteiger partial charge in [0.1, 0.15) is 11.5 Å². The van der Waals surface area contributed by atoms with Crippen LogP contribution in [-0.2, 0) is 0 Å². The van der Waals surface area contributed by atoms with Crippen molar-refractivity contribution in [3.8, 4) is 29.1 Å². The fraction of sp³-hybridized carbons (Fsp3) is 0.240. The third-order valence-electron chi connectivity index (χ3n) is 5.17. The molecule has 0 aromatic heterocycles. The third kappa shape index (κ3) is 6.62. The van der Waals surface area contributed by atoms with Crippen LogP contribution in [0, 0.1) is 11.3 Å². The molecule has 1 saturated heterocycles. The summed E-state index contributed by atoms with van der Waals surface area (Å²) in [5.74, 6) is 2.77. The van der Waals surface area contributed by atoms with Gasteiger partial charge in [-0.2, -0.15) is 5.26 Å². The highest BCUT2D eigenvalue weighted by Gasteiger charge is 2.23. The van der Waals surface area contributed by atoms with Crippen molar-refractivity contribution in [1.29, 1.82) is 5.26 Å². The average Bonchev–Trinajstić information content (AvgIpc) is 2.81. The number of halogens is 2. The van der Waals surface area contributed by atoms with Gasteiger partial charge in [-0.05, 0) is 42.0 Å². The molecule has 4 rings (SSSR count). The number of para-hydroxylation sites is 2. The summed E-state index contributed by atoms with van der Waals surface area (Å²) in [7, 11) is 0. The summed E-state index contributed by atoms with van der Waals surface area (Å²) in [6, 6.07) is 27.7. The molecule has 32 heavy (non-hydrogen) atoms. The molecule has 0 saturated carbocycles. The molecule has 0 radical (unpaired) electrons. The summed E-state index contributed by atoms with van der Waals surface area (Å²) in [5.41, 5.74) is 1.06. The van der Waals surface area contributed by atoms with Crippen LogP contribution in [0.25, 0.3) is 0 Å². The van der Waals surface area contributed by atoms with Crippen LogP contribution in [0.3, 0.4) is 0 Å². The summed E-state index contributed by atoms with van der Waals surface area (Å²) in [6.07, 6.45) is 0.434. The van der Waals surface area contributed by atoms with Crippen molar-refractivity contribution in [3.63, 3.8) is 0 Å². The molecule has 0 bridgehead atoms. The maximum absolute atomic E-state index is 9.43. The lowest BCUT2D eigenvalue weighted by atomic mass is 10.0. The van der Waals surface area contributed by atoms with Crippen molar-refractivity contribution < 1.29 is 9.47 Å². The van der Waals surface area contributed by atoms with Crippen LogP contribution in [0.15, 0.2) is 78.9 Å². The molecule has 168 valence electrons. The van der Waals surface area contributed by atoms with Crippen LogP contribution in [0.5, 0.6) is 23.0 Å². The summed E-state index contributed by atoms with van der Waals surface area (Å²) < 4.78 is 12.3. The molecule has 1 heterocycles. The molecule has 1 atom stereocenters. The largest absolute Gasteiger partial charge is 0.453 e. The Bertz CT molecular complexity index is 991. The lowest BCUT2D eigenvalue weighted by molar-refractivity contribution is 0.175. The minimum absolute atomic E-state index is 0. The Morgan fingerprint density at radius 2 is 1.38 bits per heavy atom. The highest BCUT2D eigenvalue weighted by molar-refractivity contribution is 5.85. The molecule has 1 aliphatic rings. The van der Waals surface area contributed by atoms with Gasteiger partial charge in [-0.3, -0.25) is 4.90 Å². The van der Waals surface area contributed by atoms with Crippen molar-refractivity contribution in [3.05, 3.63) is 84.4 Å². The second kappa shape index (κ2) is 12.9. The normalized spacial score (nSPS) is 14.2. The SMILES string of the molecule is Cl.Cl.N#CC[C@@H](c1ccc(Oc2ccccc2)c(Oc2ccccc2)c1)N1CCNCC1. The first-order valence-electron chi connectivity index (χ1n) is 10.2. The van der Waals surface area contributed by atoms with Gasteiger partial charge in [-0.15, -0.1) is 24.8 Å². The van der Waals surface area contributed by atoms with Gasteiger partial charge in [0.2, 0.25) is 0 Å². The van der Waals surface area contributed by atoms with E-state index in [1.807, 2.05) is 78.9 Å². The topological polar surface area (TPSA) is 57.5 Å². The molecule has 0 aliphatic carbocycles. The molecule has 1 fully saturated rings. The first-order valence-corrected chi connectivity index (χ1v) is 10.2. The second-order valence-corrected chi connectivity index (χ2v) is 7.20. The maximum atomic E-state index is 9.43. The molecule has 1 aliphatic heterocycles. The van der Waals surface area contributed by atoms with Crippen molar-refractivity contribution in [2.24, 2.45) is 0 Å². The van der Waals surface area contributed by atoms with Gasteiger partial charge >= 0.3 is 0 Å². The molecule has 3 aromatic rings. The molecular formula is C25H27Cl2N3O2. The third-order valence-corrected chi connectivity index (χ3v) is 5.17. The van der Waals surface area contributed by atoms with Gasteiger partial charge < -0.3 is 14.8 Å². The van der Waals surface area contributed by atoms with Gasteiger partial charge in [0.05, 0.1) is 12.5 Å². The average molecular weight is 472 g/mol. The first kappa shape index (κ1) is 25.5. The molecule has 0 unspecified atom stereocenters. The highest BCUT2D eigenvalue weighted by atomic mass is 35.5. The summed E-state index contributed by atoms with van der Waals surface area (Å²) >= 11 is 0. The summed E-state index contributed by atoms with van der Waals surface area (Å²) in [4.78, 5) is 2.36. The number of nitrogens with one attached hydrogen (secondary N) is 1.